The van der Waals surface area contributed by atoms with Gasteiger partial charge in [-0.25, -0.2) is 9.38 Å². The monoisotopic (exact) mass is 509 g/mol. The van der Waals surface area contributed by atoms with Crippen molar-refractivity contribution < 1.29 is 9.18 Å². The molecule has 1 saturated heterocycles. The van der Waals surface area contributed by atoms with E-state index in [1.807, 2.05) is 18.2 Å². The zero-order valence-electron chi connectivity index (χ0n) is 16.1. The molecule has 2 aromatic carbocycles. The summed E-state index contributed by atoms with van der Waals surface area (Å²) in [7, 11) is 0. The van der Waals surface area contributed by atoms with E-state index in [2.05, 4.69) is 20.1 Å². The van der Waals surface area contributed by atoms with Crippen LogP contribution in [0.5, 0.6) is 0 Å². The molecule has 6 nitrogen and oxygen atoms in total. The summed E-state index contributed by atoms with van der Waals surface area (Å²) in [5.74, 6) is 0.274. The molecule has 0 unspecified atom stereocenters. The lowest BCUT2D eigenvalue weighted by molar-refractivity contribution is 0.0946. The van der Waals surface area contributed by atoms with Gasteiger partial charge in [0.2, 0.25) is 0 Å². The molecule has 0 atom stereocenters. The lowest BCUT2D eigenvalue weighted by Gasteiger charge is -2.36. The number of anilines is 1. The van der Waals surface area contributed by atoms with Crippen LogP contribution in [-0.2, 0) is 13.0 Å². The molecule has 0 bridgehead atoms. The van der Waals surface area contributed by atoms with Gasteiger partial charge < -0.3 is 20.9 Å². The zero-order chi connectivity index (χ0) is 19.5. The maximum atomic E-state index is 13.1. The molecule has 2 aliphatic rings. The second-order valence-corrected chi connectivity index (χ2v) is 7.12. The zero-order valence-corrected chi connectivity index (χ0v) is 18.4. The van der Waals surface area contributed by atoms with Gasteiger partial charge in [-0.05, 0) is 47.9 Å². The van der Waals surface area contributed by atoms with E-state index in [0.717, 1.165) is 55.0 Å². The van der Waals surface area contributed by atoms with Crippen molar-refractivity contribution in [1.82, 2.24) is 10.2 Å². The quantitative estimate of drug-likeness (QED) is 0.379. The van der Waals surface area contributed by atoms with Crippen molar-refractivity contribution in [3.05, 3.63) is 65.0 Å². The minimum absolute atomic E-state index is 0. The summed E-state index contributed by atoms with van der Waals surface area (Å²) in [6.45, 7) is 4.28. The number of rotatable bonds is 3. The minimum atomic E-state index is -0.224. The van der Waals surface area contributed by atoms with Gasteiger partial charge in [-0.1, -0.05) is 12.1 Å². The van der Waals surface area contributed by atoms with Gasteiger partial charge in [0, 0.05) is 44.0 Å². The number of carbonyl (C=O) groups excluding carboxylic acids is 1. The van der Waals surface area contributed by atoms with Gasteiger partial charge in [0.1, 0.15) is 5.82 Å². The number of fused-ring (bicyclic) bond motifs is 1. The van der Waals surface area contributed by atoms with E-state index in [1.54, 1.807) is 12.1 Å². The molecule has 0 aromatic heterocycles. The fourth-order valence-electron chi connectivity index (χ4n) is 3.68. The molecule has 29 heavy (non-hydrogen) atoms. The number of hydrogen-bond acceptors (Lipinski definition) is 3. The van der Waals surface area contributed by atoms with Crippen LogP contribution in [0.2, 0.25) is 0 Å². The first-order valence-corrected chi connectivity index (χ1v) is 9.55. The summed E-state index contributed by atoms with van der Waals surface area (Å²) in [4.78, 5) is 20.8. The highest BCUT2D eigenvalue weighted by Crippen LogP contribution is 2.18. The molecule has 1 fully saturated rings. The van der Waals surface area contributed by atoms with Gasteiger partial charge in [0.05, 0.1) is 6.54 Å². The van der Waals surface area contributed by atoms with Gasteiger partial charge in [-0.3, -0.25) is 4.79 Å². The topological polar surface area (TPSA) is 74.0 Å². The highest BCUT2D eigenvalue weighted by atomic mass is 127. The van der Waals surface area contributed by atoms with Crippen LogP contribution in [0, 0.1) is 5.82 Å². The Hall–Kier alpha value is -2.36. The largest absolute Gasteiger partial charge is 0.370 e. The number of guanidine groups is 1. The van der Waals surface area contributed by atoms with Crippen LogP contribution in [0.3, 0.4) is 0 Å². The average molecular weight is 509 g/mol. The highest BCUT2D eigenvalue weighted by Gasteiger charge is 2.19. The summed E-state index contributed by atoms with van der Waals surface area (Å²) < 4.78 is 13.1. The maximum absolute atomic E-state index is 13.1. The third-order valence-electron chi connectivity index (χ3n) is 5.32. The third kappa shape index (κ3) is 4.98. The Bertz CT molecular complexity index is 894. The Morgan fingerprint density at radius 2 is 1.83 bits per heavy atom. The number of benzene rings is 2. The Kier molecular flexibility index (Phi) is 6.94. The van der Waals surface area contributed by atoms with Gasteiger partial charge in [0.25, 0.3) is 5.91 Å². The number of nitrogens with two attached hydrogens (primary N) is 1. The second-order valence-electron chi connectivity index (χ2n) is 7.12. The van der Waals surface area contributed by atoms with Gasteiger partial charge >= 0.3 is 0 Å². The van der Waals surface area contributed by atoms with Crippen molar-refractivity contribution in [2.45, 2.75) is 13.0 Å². The Labute approximate surface area is 187 Å². The minimum Gasteiger partial charge on any atom is -0.370 e. The summed E-state index contributed by atoms with van der Waals surface area (Å²) in [6, 6.07) is 12.5. The highest BCUT2D eigenvalue weighted by molar-refractivity contribution is 14.0. The second kappa shape index (κ2) is 9.43. The SMILES string of the molecule is I.NC(=NCc1ccc2c(c1)C(=O)NCC2)N1CCN(c2ccc(F)cc2)CC1. The first-order valence-electron chi connectivity index (χ1n) is 9.55. The molecule has 0 spiro atoms. The van der Waals surface area contributed by atoms with E-state index in [4.69, 9.17) is 5.73 Å². The number of piperazine rings is 1. The number of amides is 1. The summed E-state index contributed by atoms with van der Waals surface area (Å²) >= 11 is 0. The van der Waals surface area contributed by atoms with Crippen molar-refractivity contribution in [1.29, 1.82) is 0 Å². The number of carbonyl (C=O) groups is 1. The number of halogens is 2. The van der Waals surface area contributed by atoms with Crippen LogP contribution in [-0.4, -0.2) is 49.5 Å². The standard InChI is InChI=1S/C21H24FN5O.HI/c22-17-3-5-18(6-4-17)26-9-11-27(12-10-26)21(23)25-14-15-1-2-16-7-8-24-20(28)19(16)13-15;/h1-6,13H,7-12,14H2,(H2,23,25)(H,24,28);1H. The molecule has 1 amide bonds. The molecule has 154 valence electrons. The van der Waals surface area contributed by atoms with Crippen molar-refractivity contribution in [2.75, 3.05) is 37.6 Å². The number of nitrogens with zero attached hydrogens (tertiary/aromatic N) is 3. The molecular weight excluding hydrogens is 484 g/mol. The van der Waals surface area contributed by atoms with E-state index < -0.39 is 0 Å². The lowest BCUT2D eigenvalue weighted by atomic mass is 9.98. The van der Waals surface area contributed by atoms with Crippen LogP contribution in [0.1, 0.15) is 21.5 Å². The van der Waals surface area contributed by atoms with Crippen LogP contribution in [0.4, 0.5) is 10.1 Å². The third-order valence-corrected chi connectivity index (χ3v) is 5.32. The molecule has 2 aliphatic heterocycles. The molecule has 2 aromatic rings. The summed E-state index contributed by atoms with van der Waals surface area (Å²) in [6.07, 6.45) is 0.866. The average Bonchev–Trinajstić information content (AvgIpc) is 2.73. The fraction of sp³-hybridized carbons (Fsp3) is 0.333. The van der Waals surface area contributed by atoms with Crippen molar-refractivity contribution in [2.24, 2.45) is 10.7 Å². The van der Waals surface area contributed by atoms with Crippen LogP contribution < -0.4 is 16.0 Å². The van der Waals surface area contributed by atoms with Crippen molar-refractivity contribution >= 4 is 41.5 Å². The molecule has 0 aliphatic carbocycles. The lowest BCUT2D eigenvalue weighted by Crippen LogP contribution is -2.51. The Morgan fingerprint density at radius 3 is 2.55 bits per heavy atom. The van der Waals surface area contributed by atoms with Crippen LogP contribution in [0.15, 0.2) is 47.5 Å². The normalized spacial score (nSPS) is 16.7. The predicted octanol–water partition coefficient (Wildman–Crippen LogP) is 2.37. The first kappa shape index (κ1) is 21.4. The smallest absolute Gasteiger partial charge is 0.251 e. The van der Waals surface area contributed by atoms with E-state index in [0.29, 0.717) is 19.0 Å². The van der Waals surface area contributed by atoms with Gasteiger partial charge in [-0.15, -0.1) is 24.0 Å². The summed E-state index contributed by atoms with van der Waals surface area (Å²) in [5, 5.41) is 2.87. The van der Waals surface area contributed by atoms with E-state index in [-0.39, 0.29) is 35.7 Å². The van der Waals surface area contributed by atoms with Crippen LogP contribution >= 0.6 is 24.0 Å². The van der Waals surface area contributed by atoms with Crippen LogP contribution in [0.25, 0.3) is 0 Å². The molecule has 3 N–H and O–H groups in total. The number of hydrogen-bond donors (Lipinski definition) is 2. The van der Waals surface area contributed by atoms with E-state index in [9.17, 15) is 9.18 Å². The fourth-order valence-corrected chi connectivity index (χ4v) is 3.68. The molecule has 4 rings (SSSR count). The Balaban J connectivity index is 0.00000240. The maximum Gasteiger partial charge on any atom is 0.251 e. The Morgan fingerprint density at radius 1 is 1.10 bits per heavy atom. The van der Waals surface area contributed by atoms with Crippen molar-refractivity contribution in [3.63, 3.8) is 0 Å². The van der Waals surface area contributed by atoms with Gasteiger partial charge in [0.15, 0.2) is 5.96 Å². The summed E-state index contributed by atoms with van der Waals surface area (Å²) in [5.41, 5.74) is 10.0. The van der Waals surface area contributed by atoms with E-state index >= 15 is 0 Å². The van der Waals surface area contributed by atoms with Gasteiger partial charge in [-0.2, -0.15) is 0 Å². The molecule has 0 saturated carbocycles. The molecular formula is C21H25FIN5O. The molecule has 8 heteroatoms. The van der Waals surface area contributed by atoms with Crippen molar-refractivity contribution in [3.8, 4) is 0 Å². The molecule has 0 radical (unpaired) electrons. The number of nitrogens with one attached hydrogen (secondary N) is 1. The number of aliphatic imine (C=N–C) groups is 1. The van der Waals surface area contributed by atoms with E-state index in [1.165, 1.54) is 12.1 Å². The predicted molar refractivity (Wildman–Crippen MR) is 123 cm³/mol. The molecule has 2 heterocycles. The first-order chi connectivity index (χ1) is 13.6.